The van der Waals surface area contributed by atoms with E-state index in [1.54, 1.807) is 6.20 Å². The number of nitrogens with zero attached hydrogens (tertiary/aromatic N) is 1. The minimum atomic E-state index is -1.47. The predicted octanol–water partition coefficient (Wildman–Crippen LogP) is -2.45. The topological polar surface area (TPSA) is 251 Å². The standard InChI is InChI=1S/C23H34N8O6S/c24-14(5-3-7-27-23(25)26)19(33)29-16(8-12-9-28-15-6-2-1-4-13(12)15)20(34)30-17(10-32)21(35)31-18(11-38)22(36)37/h1-2,4,6,9,14,16-18,28,32,38H,3,5,7-8,10-11,24H2,(H,29,33)(H,30,34)(H,31,35)(H,36,37)(H4,25,26,27). The number of fused-ring (bicyclic) bond motifs is 1. The van der Waals surface area contributed by atoms with Crippen molar-refractivity contribution in [3.8, 4) is 0 Å². The van der Waals surface area contributed by atoms with Crippen LogP contribution >= 0.6 is 12.6 Å². The number of aliphatic imine (C=N–C) groups is 1. The van der Waals surface area contributed by atoms with Crippen LogP contribution in [0.2, 0.25) is 0 Å². The number of aromatic amines is 1. The van der Waals surface area contributed by atoms with Crippen molar-refractivity contribution in [2.75, 3.05) is 18.9 Å². The molecule has 2 aromatic rings. The SMILES string of the molecule is NC(N)=NCCCC(N)C(=O)NC(Cc1c[nH]c2ccccc12)C(=O)NC(CO)C(=O)NC(CS)C(=O)O. The van der Waals surface area contributed by atoms with Crippen LogP contribution in [0, 0.1) is 0 Å². The van der Waals surface area contributed by atoms with Crippen molar-refractivity contribution in [2.24, 2.45) is 22.2 Å². The molecule has 38 heavy (non-hydrogen) atoms. The van der Waals surface area contributed by atoms with E-state index in [0.717, 1.165) is 10.9 Å². The Labute approximate surface area is 224 Å². The summed E-state index contributed by atoms with van der Waals surface area (Å²) < 4.78 is 0. The van der Waals surface area contributed by atoms with Crippen LogP contribution in [0.25, 0.3) is 10.9 Å². The van der Waals surface area contributed by atoms with Gasteiger partial charge in [0.15, 0.2) is 5.96 Å². The second kappa shape index (κ2) is 14.8. The van der Waals surface area contributed by atoms with Gasteiger partial charge >= 0.3 is 5.97 Å². The number of para-hydroxylation sites is 1. The molecule has 0 saturated carbocycles. The number of benzene rings is 1. The van der Waals surface area contributed by atoms with Gasteiger partial charge in [-0.2, -0.15) is 12.6 Å². The predicted molar refractivity (Wildman–Crippen MR) is 144 cm³/mol. The lowest BCUT2D eigenvalue weighted by Crippen LogP contribution is -2.58. The fourth-order valence-corrected chi connectivity index (χ4v) is 3.83. The molecule has 0 radical (unpaired) electrons. The number of carbonyl (C=O) groups excluding carboxylic acids is 3. The highest BCUT2D eigenvalue weighted by molar-refractivity contribution is 7.80. The molecule has 4 atom stereocenters. The first-order chi connectivity index (χ1) is 18.1. The zero-order valence-electron chi connectivity index (χ0n) is 20.6. The summed E-state index contributed by atoms with van der Waals surface area (Å²) in [6, 6.07) is 2.43. The lowest BCUT2D eigenvalue weighted by atomic mass is 10.0. The zero-order chi connectivity index (χ0) is 28.2. The number of amides is 3. The molecule has 2 rings (SSSR count). The summed E-state index contributed by atoms with van der Waals surface area (Å²) in [6.07, 6.45) is 2.41. The molecule has 0 aliphatic heterocycles. The van der Waals surface area contributed by atoms with Gasteiger partial charge in [-0.1, -0.05) is 18.2 Å². The largest absolute Gasteiger partial charge is 0.480 e. The van der Waals surface area contributed by atoms with E-state index in [1.807, 2.05) is 24.3 Å². The summed E-state index contributed by atoms with van der Waals surface area (Å²) in [5.74, 6) is -3.91. The second-order valence-electron chi connectivity index (χ2n) is 8.51. The van der Waals surface area contributed by atoms with Crippen molar-refractivity contribution in [1.29, 1.82) is 0 Å². The van der Waals surface area contributed by atoms with E-state index in [2.05, 4.69) is 38.6 Å². The molecule has 1 aromatic heterocycles. The highest BCUT2D eigenvalue weighted by Gasteiger charge is 2.30. The van der Waals surface area contributed by atoms with Crippen LogP contribution in [-0.2, 0) is 25.6 Å². The van der Waals surface area contributed by atoms with Gasteiger partial charge in [-0.15, -0.1) is 0 Å². The van der Waals surface area contributed by atoms with Gasteiger partial charge in [-0.25, -0.2) is 4.79 Å². The molecule has 4 unspecified atom stereocenters. The fourth-order valence-electron chi connectivity index (χ4n) is 3.58. The van der Waals surface area contributed by atoms with Gasteiger partial charge < -0.3 is 48.3 Å². The number of hydrogen-bond acceptors (Lipinski definition) is 8. The Bertz CT molecular complexity index is 1150. The zero-order valence-corrected chi connectivity index (χ0v) is 21.5. The fraction of sp³-hybridized carbons (Fsp3) is 0.435. The maximum absolute atomic E-state index is 13.2. The second-order valence-corrected chi connectivity index (χ2v) is 8.87. The van der Waals surface area contributed by atoms with Gasteiger partial charge in [-0.3, -0.25) is 19.4 Å². The lowest BCUT2D eigenvalue weighted by Gasteiger charge is -2.24. The molecule has 0 aliphatic rings. The van der Waals surface area contributed by atoms with Crippen LogP contribution in [-0.4, -0.2) is 87.9 Å². The molecule has 12 N–H and O–H groups in total. The third kappa shape index (κ3) is 8.93. The van der Waals surface area contributed by atoms with Crippen LogP contribution in [0.4, 0.5) is 0 Å². The summed E-state index contributed by atoms with van der Waals surface area (Å²) in [6.45, 7) is -0.534. The van der Waals surface area contributed by atoms with Crippen LogP contribution in [0.1, 0.15) is 18.4 Å². The maximum atomic E-state index is 13.2. The van der Waals surface area contributed by atoms with Crippen LogP contribution in [0.15, 0.2) is 35.5 Å². The number of aromatic nitrogens is 1. The summed E-state index contributed by atoms with van der Waals surface area (Å²) in [7, 11) is 0. The number of H-pyrrole nitrogens is 1. The van der Waals surface area contributed by atoms with Crippen LogP contribution < -0.4 is 33.2 Å². The highest BCUT2D eigenvalue weighted by atomic mass is 32.1. The minimum absolute atomic E-state index is 0.0382. The molecule has 0 saturated heterocycles. The van der Waals surface area contributed by atoms with E-state index in [1.165, 1.54) is 0 Å². The Morgan fingerprint density at radius 3 is 2.26 bits per heavy atom. The number of carbonyl (C=O) groups is 4. The molecule has 0 fully saturated rings. The number of carboxylic acid groups (broad SMARTS) is 1. The molecule has 208 valence electrons. The van der Waals surface area contributed by atoms with E-state index >= 15 is 0 Å². The van der Waals surface area contributed by atoms with Crippen LogP contribution in [0.5, 0.6) is 0 Å². The van der Waals surface area contributed by atoms with Gasteiger partial charge in [0.1, 0.15) is 18.1 Å². The number of hydrogen-bond donors (Lipinski definition) is 10. The van der Waals surface area contributed by atoms with E-state index in [-0.39, 0.29) is 31.1 Å². The number of aliphatic hydroxyl groups is 1. The molecular weight excluding hydrogens is 516 g/mol. The van der Waals surface area contributed by atoms with E-state index in [0.29, 0.717) is 12.0 Å². The Morgan fingerprint density at radius 1 is 1.00 bits per heavy atom. The average Bonchev–Trinajstić information content (AvgIpc) is 3.29. The number of nitrogens with two attached hydrogens (primary N) is 3. The van der Waals surface area contributed by atoms with Crippen molar-refractivity contribution >= 4 is 53.2 Å². The Morgan fingerprint density at radius 2 is 1.63 bits per heavy atom. The third-order valence-corrected chi connectivity index (χ3v) is 6.01. The number of aliphatic hydroxyl groups excluding tert-OH is 1. The molecule has 14 nitrogen and oxygen atoms in total. The molecule has 3 amide bonds. The number of carboxylic acids is 1. The molecular formula is C23H34N8O6S. The van der Waals surface area contributed by atoms with E-state index in [4.69, 9.17) is 22.3 Å². The molecule has 1 aromatic carbocycles. The smallest absolute Gasteiger partial charge is 0.327 e. The lowest BCUT2D eigenvalue weighted by molar-refractivity contribution is -0.142. The normalized spacial score (nSPS) is 14.1. The molecule has 0 spiro atoms. The van der Waals surface area contributed by atoms with Crippen molar-refractivity contribution in [3.63, 3.8) is 0 Å². The molecule has 0 aliphatic carbocycles. The number of rotatable bonds is 15. The van der Waals surface area contributed by atoms with Crippen molar-refractivity contribution in [3.05, 3.63) is 36.0 Å². The Balaban J connectivity index is 2.18. The number of guanidine groups is 1. The van der Waals surface area contributed by atoms with Gasteiger partial charge in [-0.05, 0) is 24.5 Å². The molecule has 15 heteroatoms. The average molecular weight is 551 g/mol. The molecule has 0 bridgehead atoms. The first-order valence-corrected chi connectivity index (χ1v) is 12.4. The highest BCUT2D eigenvalue weighted by Crippen LogP contribution is 2.19. The van der Waals surface area contributed by atoms with Gasteiger partial charge in [0.05, 0.1) is 12.6 Å². The number of thiol groups is 1. The number of aliphatic carboxylic acids is 1. The van der Waals surface area contributed by atoms with E-state index in [9.17, 15) is 24.3 Å². The monoisotopic (exact) mass is 550 g/mol. The van der Waals surface area contributed by atoms with Gasteiger partial charge in [0.2, 0.25) is 17.7 Å². The summed E-state index contributed by atoms with van der Waals surface area (Å²) in [5, 5.41) is 26.8. The maximum Gasteiger partial charge on any atom is 0.327 e. The number of nitrogens with one attached hydrogen (secondary N) is 4. The van der Waals surface area contributed by atoms with Gasteiger partial charge in [0.25, 0.3) is 0 Å². The molecule has 1 heterocycles. The summed E-state index contributed by atoms with van der Waals surface area (Å²) in [4.78, 5) is 56.7. The quantitative estimate of drug-likeness (QED) is 0.0488. The Kier molecular flexibility index (Phi) is 11.8. The van der Waals surface area contributed by atoms with Crippen molar-refractivity contribution in [1.82, 2.24) is 20.9 Å². The first-order valence-electron chi connectivity index (χ1n) is 11.8. The van der Waals surface area contributed by atoms with Crippen molar-refractivity contribution in [2.45, 2.75) is 43.4 Å². The minimum Gasteiger partial charge on any atom is -0.480 e. The van der Waals surface area contributed by atoms with Crippen molar-refractivity contribution < 1.29 is 29.4 Å². The van der Waals surface area contributed by atoms with Crippen LogP contribution in [0.3, 0.4) is 0 Å². The Hall–Kier alpha value is -3.82. The third-order valence-electron chi connectivity index (χ3n) is 5.65. The first kappa shape index (κ1) is 30.4. The van der Waals surface area contributed by atoms with Gasteiger partial charge in [0, 0.05) is 35.8 Å². The van der Waals surface area contributed by atoms with E-state index < -0.39 is 54.5 Å². The summed E-state index contributed by atoms with van der Waals surface area (Å²) >= 11 is 3.88. The summed E-state index contributed by atoms with van der Waals surface area (Å²) in [5.41, 5.74) is 18.1.